The Kier molecular flexibility index (Phi) is 6.30. The highest BCUT2D eigenvalue weighted by Gasteiger charge is 2.28. The molecule has 1 saturated heterocycles. The summed E-state index contributed by atoms with van der Waals surface area (Å²) in [5.74, 6) is 1.34. The van der Waals surface area contributed by atoms with Crippen molar-refractivity contribution in [3.63, 3.8) is 0 Å². The molecule has 8 heteroatoms. The number of rotatable bonds is 6. The molecule has 2 aromatic rings. The van der Waals surface area contributed by atoms with Crippen LogP contribution in [-0.2, 0) is 22.9 Å². The number of aromatic nitrogens is 2. The number of piperazine rings is 1. The number of halogens is 1. The van der Waals surface area contributed by atoms with E-state index in [1.165, 1.54) is 10.4 Å². The zero-order valence-corrected chi connectivity index (χ0v) is 17.5. The maximum absolute atomic E-state index is 14.3. The smallest absolute Gasteiger partial charge is 0.213 e. The molecule has 1 fully saturated rings. The van der Waals surface area contributed by atoms with E-state index in [4.69, 9.17) is 0 Å². The number of nitrogens with zero attached hydrogens (tertiary/aromatic N) is 4. The molecule has 0 bridgehead atoms. The highest BCUT2D eigenvalue weighted by molar-refractivity contribution is 7.89. The molecule has 0 spiro atoms. The fourth-order valence-electron chi connectivity index (χ4n) is 3.57. The Morgan fingerprint density at radius 3 is 2.36 bits per heavy atom. The molecule has 3 rings (SSSR count). The minimum Gasteiger partial charge on any atom is -0.354 e. The van der Waals surface area contributed by atoms with Gasteiger partial charge in [-0.2, -0.15) is 4.31 Å². The van der Waals surface area contributed by atoms with Crippen LogP contribution in [0.25, 0.3) is 0 Å². The second-order valence-corrected chi connectivity index (χ2v) is 9.19. The highest BCUT2D eigenvalue weighted by Crippen LogP contribution is 2.27. The van der Waals surface area contributed by atoms with Crippen molar-refractivity contribution in [1.29, 1.82) is 0 Å². The molecule has 28 heavy (non-hydrogen) atoms. The highest BCUT2D eigenvalue weighted by atomic mass is 32.2. The molecule has 0 atom stereocenters. The lowest BCUT2D eigenvalue weighted by Gasteiger charge is -2.35. The Labute approximate surface area is 166 Å². The number of aryl methyl sites for hydroxylation is 2. The topological polar surface area (TPSA) is 66.4 Å². The molecule has 0 unspecified atom stereocenters. The fourth-order valence-corrected chi connectivity index (χ4v) is 4.65. The van der Waals surface area contributed by atoms with Gasteiger partial charge in [0.15, 0.2) is 0 Å². The summed E-state index contributed by atoms with van der Waals surface area (Å²) in [6.07, 6.45) is 1.14. The van der Waals surface area contributed by atoms with Gasteiger partial charge in [-0.1, -0.05) is 25.1 Å². The molecule has 1 aliphatic heterocycles. The first kappa shape index (κ1) is 20.7. The third kappa shape index (κ3) is 4.33. The van der Waals surface area contributed by atoms with Crippen LogP contribution in [0.5, 0.6) is 0 Å². The Hall–Kier alpha value is -2.06. The number of anilines is 1. The average molecular weight is 407 g/mol. The summed E-state index contributed by atoms with van der Waals surface area (Å²) in [5.41, 5.74) is 2.44. The zero-order chi connectivity index (χ0) is 20.3. The quantitative estimate of drug-likeness (QED) is 0.738. The summed E-state index contributed by atoms with van der Waals surface area (Å²) in [7, 11) is -3.19. The Bertz CT molecular complexity index is 941. The molecule has 0 amide bonds. The largest absolute Gasteiger partial charge is 0.354 e. The van der Waals surface area contributed by atoms with Crippen molar-refractivity contribution in [2.24, 2.45) is 0 Å². The molecule has 0 radical (unpaired) electrons. The summed E-state index contributed by atoms with van der Waals surface area (Å²) in [6.45, 7) is 7.52. The summed E-state index contributed by atoms with van der Waals surface area (Å²) in [6, 6.07) is 6.75. The molecule has 2 heterocycles. The van der Waals surface area contributed by atoms with E-state index in [-0.39, 0.29) is 11.6 Å². The first-order valence-corrected chi connectivity index (χ1v) is 11.3. The van der Waals surface area contributed by atoms with Crippen LogP contribution in [-0.4, -0.2) is 54.6 Å². The van der Waals surface area contributed by atoms with Gasteiger partial charge < -0.3 is 4.90 Å². The van der Waals surface area contributed by atoms with Gasteiger partial charge in [0.2, 0.25) is 10.0 Å². The van der Waals surface area contributed by atoms with Crippen LogP contribution in [0.4, 0.5) is 10.2 Å². The molecule has 0 saturated carbocycles. The maximum atomic E-state index is 14.3. The predicted molar refractivity (Wildman–Crippen MR) is 109 cm³/mol. The second-order valence-electron chi connectivity index (χ2n) is 6.93. The maximum Gasteiger partial charge on any atom is 0.213 e. The van der Waals surface area contributed by atoms with E-state index in [9.17, 15) is 12.8 Å². The first-order chi connectivity index (χ1) is 13.4. The van der Waals surface area contributed by atoms with Crippen molar-refractivity contribution in [3.8, 4) is 0 Å². The lowest BCUT2D eigenvalue weighted by Crippen LogP contribution is -2.49. The van der Waals surface area contributed by atoms with Gasteiger partial charge in [0.05, 0.1) is 5.75 Å². The summed E-state index contributed by atoms with van der Waals surface area (Å²) in [4.78, 5) is 11.3. The lowest BCUT2D eigenvalue weighted by molar-refractivity contribution is 0.384. The average Bonchev–Trinajstić information content (AvgIpc) is 2.70. The van der Waals surface area contributed by atoms with E-state index < -0.39 is 10.0 Å². The zero-order valence-electron chi connectivity index (χ0n) is 16.7. The molecular formula is C20H27FN4O2S. The van der Waals surface area contributed by atoms with E-state index in [1.54, 1.807) is 19.1 Å². The van der Waals surface area contributed by atoms with E-state index in [0.29, 0.717) is 44.0 Å². The lowest BCUT2D eigenvalue weighted by atomic mass is 10.0. The van der Waals surface area contributed by atoms with Crippen molar-refractivity contribution in [1.82, 2.24) is 14.3 Å². The van der Waals surface area contributed by atoms with Crippen molar-refractivity contribution >= 4 is 15.8 Å². The van der Waals surface area contributed by atoms with Crippen molar-refractivity contribution in [3.05, 3.63) is 52.7 Å². The van der Waals surface area contributed by atoms with Crippen molar-refractivity contribution < 1.29 is 12.8 Å². The number of benzene rings is 1. The van der Waals surface area contributed by atoms with E-state index in [2.05, 4.69) is 14.9 Å². The van der Waals surface area contributed by atoms with Crippen LogP contribution in [0.1, 0.15) is 36.5 Å². The van der Waals surface area contributed by atoms with Gasteiger partial charge in [0, 0.05) is 43.9 Å². The molecule has 1 aliphatic rings. The van der Waals surface area contributed by atoms with E-state index in [0.717, 1.165) is 23.5 Å². The molecule has 152 valence electrons. The van der Waals surface area contributed by atoms with Gasteiger partial charge in [-0.3, -0.25) is 0 Å². The van der Waals surface area contributed by atoms with E-state index in [1.807, 2.05) is 19.9 Å². The summed E-state index contributed by atoms with van der Waals surface area (Å²) >= 11 is 0. The molecule has 6 nitrogen and oxygen atoms in total. The summed E-state index contributed by atoms with van der Waals surface area (Å²) in [5, 5.41) is 0. The standard InChI is InChI=1S/C20H27FN4O2S/c1-4-19-17(14-16-8-6-7-9-18(16)21)20(23-15(3)22-19)24-10-12-25(13-11-24)28(26,27)5-2/h6-9H,4-5,10-14H2,1-3H3. The normalized spacial score (nSPS) is 15.8. The van der Waals surface area contributed by atoms with Gasteiger partial charge >= 0.3 is 0 Å². The van der Waals surface area contributed by atoms with Gasteiger partial charge in [0.1, 0.15) is 17.5 Å². The molecule has 0 aliphatic carbocycles. The van der Waals surface area contributed by atoms with Crippen LogP contribution < -0.4 is 4.90 Å². The Morgan fingerprint density at radius 1 is 1.07 bits per heavy atom. The predicted octanol–water partition coefficient (Wildman–Crippen LogP) is 2.55. The van der Waals surface area contributed by atoms with Gasteiger partial charge in [0.25, 0.3) is 0 Å². The second kappa shape index (κ2) is 8.53. The van der Waals surface area contributed by atoms with Crippen molar-refractivity contribution in [2.45, 2.75) is 33.6 Å². The monoisotopic (exact) mass is 406 g/mol. The Balaban J connectivity index is 1.93. The first-order valence-electron chi connectivity index (χ1n) is 9.68. The van der Waals surface area contributed by atoms with Crippen LogP contribution >= 0.6 is 0 Å². The molecule has 1 aromatic heterocycles. The summed E-state index contributed by atoms with van der Waals surface area (Å²) < 4.78 is 40.1. The minimum atomic E-state index is -3.19. The molecule has 0 N–H and O–H groups in total. The van der Waals surface area contributed by atoms with Crippen molar-refractivity contribution in [2.75, 3.05) is 36.8 Å². The minimum absolute atomic E-state index is 0.109. The Morgan fingerprint density at radius 2 is 1.75 bits per heavy atom. The number of hydrogen-bond acceptors (Lipinski definition) is 5. The van der Waals surface area contributed by atoms with Gasteiger partial charge in [-0.05, 0) is 31.9 Å². The number of hydrogen-bond donors (Lipinski definition) is 0. The third-order valence-corrected chi connectivity index (χ3v) is 7.02. The van der Waals surface area contributed by atoms with Crippen LogP contribution in [0.15, 0.2) is 24.3 Å². The van der Waals surface area contributed by atoms with Gasteiger partial charge in [-0.25, -0.2) is 22.8 Å². The molecule has 1 aromatic carbocycles. The van der Waals surface area contributed by atoms with Crippen LogP contribution in [0.2, 0.25) is 0 Å². The van der Waals surface area contributed by atoms with E-state index >= 15 is 0 Å². The van der Waals surface area contributed by atoms with Crippen LogP contribution in [0, 0.1) is 12.7 Å². The van der Waals surface area contributed by atoms with Crippen LogP contribution in [0.3, 0.4) is 0 Å². The molecular weight excluding hydrogens is 379 g/mol. The SMILES string of the molecule is CCc1nc(C)nc(N2CCN(S(=O)(=O)CC)CC2)c1Cc1ccccc1F. The van der Waals surface area contributed by atoms with Gasteiger partial charge in [-0.15, -0.1) is 0 Å². The third-order valence-electron chi connectivity index (χ3n) is 5.14. The fraction of sp³-hybridized carbons (Fsp3) is 0.500. The number of sulfonamides is 1.